The second-order valence-corrected chi connectivity index (χ2v) is 7.90. The van der Waals surface area contributed by atoms with E-state index in [0.717, 1.165) is 0 Å². The molecule has 38 heavy (non-hydrogen) atoms. The number of carboxylic acid groups (broad SMARTS) is 2. The van der Waals surface area contributed by atoms with Crippen LogP contribution in [0.3, 0.4) is 0 Å². The number of anilines is 2. The molecule has 0 bridgehead atoms. The van der Waals surface area contributed by atoms with Crippen molar-refractivity contribution >= 4 is 40.6 Å². The van der Waals surface area contributed by atoms with Gasteiger partial charge in [0.2, 0.25) is 5.95 Å². The summed E-state index contributed by atoms with van der Waals surface area (Å²) in [7, 11) is 0. The first kappa shape index (κ1) is 25.5. The largest absolute Gasteiger partial charge is 0.481 e. The smallest absolute Gasteiger partial charge is 0.326 e. The number of benzene rings is 1. The zero-order chi connectivity index (χ0) is 27.2. The number of nitrogens with one attached hydrogen (secondary N) is 3. The van der Waals surface area contributed by atoms with Crippen molar-refractivity contribution in [3.8, 4) is 11.3 Å². The topological polar surface area (TPSA) is 252 Å². The summed E-state index contributed by atoms with van der Waals surface area (Å²) in [6.45, 7) is 0.149. The van der Waals surface area contributed by atoms with Gasteiger partial charge in [-0.15, -0.1) is 10.2 Å². The number of hydrogen-bond donors (Lipinski definition) is 6. The number of nitrogens with two attached hydrogens (primary N) is 1. The van der Waals surface area contributed by atoms with Gasteiger partial charge in [-0.05, 0) is 35.9 Å². The van der Waals surface area contributed by atoms with E-state index in [1.807, 2.05) is 0 Å². The van der Waals surface area contributed by atoms with Gasteiger partial charge in [0.15, 0.2) is 11.2 Å². The number of nitrogens with zero attached hydrogens (tertiary/aromatic N) is 6. The molecule has 3 heterocycles. The minimum Gasteiger partial charge on any atom is -0.481 e. The van der Waals surface area contributed by atoms with Gasteiger partial charge in [0.1, 0.15) is 6.04 Å². The van der Waals surface area contributed by atoms with Crippen LogP contribution >= 0.6 is 0 Å². The predicted molar refractivity (Wildman–Crippen MR) is 131 cm³/mol. The van der Waals surface area contributed by atoms with Gasteiger partial charge in [-0.3, -0.25) is 19.4 Å². The van der Waals surface area contributed by atoms with Crippen molar-refractivity contribution in [2.45, 2.75) is 25.4 Å². The van der Waals surface area contributed by atoms with Crippen LogP contribution in [0.1, 0.15) is 28.9 Å². The van der Waals surface area contributed by atoms with E-state index < -0.39 is 35.9 Å². The summed E-state index contributed by atoms with van der Waals surface area (Å²) >= 11 is 0. The fourth-order valence-corrected chi connectivity index (χ4v) is 3.46. The summed E-state index contributed by atoms with van der Waals surface area (Å²) in [5, 5.41) is 34.9. The Labute approximate surface area is 212 Å². The summed E-state index contributed by atoms with van der Waals surface area (Å²) in [6, 6.07) is 4.72. The Kier molecular flexibility index (Phi) is 7.41. The van der Waals surface area contributed by atoms with Gasteiger partial charge >= 0.3 is 11.9 Å². The molecule has 0 unspecified atom stereocenters. The van der Waals surface area contributed by atoms with Crippen LogP contribution in [0.15, 0.2) is 41.5 Å². The molecule has 7 N–H and O–H groups in total. The molecular formula is C22H20N10O6. The average Bonchev–Trinajstić information content (AvgIpc) is 2.90. The number of aromatic nitrogens is 7. The molecule has 1 aromatic carbocycles. The molecule has 0 aliphatic heterocycles. The van der Waals surface area contributed by atoms with Crippen LogP contribution in [0.5, 0.6) is 0 Å². The van der Waals surface area contributed by atoms with Gasteiger partial charge in [-0.1, -0.05) is 0 Å². The Hall–Kier alpha value is -5.54. The maximum absolute atomic E-state index is 13.0. The molecule has 194 valence electrons. The number of rotatable bonds is 10. The van der Waals surface area contributed by atoms with Crippen LogP contribution in [0, 0.1) is 0 Å². The van der Waals surface area contributed by atoms with E-state index in [1.54, 1.807) is 12.1 Å². The molecule has 1 atom stereocenters. The standard InChI is InChI=1S/C22H20N10O6/c23-22-29-18-17(20(36)30-22)27-11(9-25-18)8-24-10-1-2-12(13(7-10)14-5-6-26-32-31-14)19(35)28-15(21(37)38)3-4-16(33)34/h1-2,5-7,9,15,24H,3-4,8H2,(H,28,35)(H,33,34)(H,37,38)(H3,23,25,29,30,36)/t15-/m0/s1. The number of nitrogen functional groups attached to an aromatic ring is 1. The molecule has 0 fully saturated rings. The first-order valence-corrected chi connectivity index (χ1v) is 11.0. The lowest BCUT2D eigenvalue weighted by Crippen LogP contribution is -2.41. The highest BCUT2D eigenvalue weighted by atomic mass is 16.4. The molecule has 16 nitrogen and oxygen atoms in total. The van der Waals surface area contributed by atoms with E-state index in [2.05, 4.69) is 46.0 Å². The van der Waals surface area contributed by atoms with Crippen molar-refractivity contribution < 1.29 is 24.6 Å². The number of fused-ring (bicyclic) bond motifs is 1. The van der Waals surface area contributed by atoms with Crippen LogP contribution in [0.4, 0.5) is 11.6 Å². The lowest BCUT2D eigenvalue weighted by atomic mass is 10.0. The number of H-pyrrole nitrogens is 1. The molecular weight excluding hydrogens is 500 g/mol. The predicted octanol–water partition coefficient (Wildman–Crippen LogP) is -0.193. The van der Waals surface area contributed by atoms with Gasteiger partial charge in [-0.25, -0.2) is 14.8 Å². The SMILES string of the molecule is Nc1nc2ncc(CNc3ccc(C(=O)N[C@@H](CCC(=O)O)C(=O)O)c(-c4ccnnn4)c3)nc2c(=O)[nH]1. The Morgan fingerprint density at radius 2 is 1.95 bits per heavy atom. The molecule has 0 saturated heterocycles. The molecule has 4 rings (SSSR count). The summed E-state index contributed by atoms with van der Waals surface area (Å²) < 4.78 is 0. The Balaban J connectivity index is 1.59. The first-order chi connectivity index (χ1) is 18.2. The number of aliphatic carboxylic acids is 2. The third kappa shape index (κ3) is 5.99. The Bertz CT molecular complexity index is 1580. The van der Waals surface area contributed by atoms with Crippen molar-refractivity contribution in [3.63, 3.8) is 0 Å². The van der Waals surface area contributed by atoms with Crippen LogP contribution in [-0.4, -0.2) is 69.4 Å². The van der Waals surface area contributed by atoms with Crippen LogP contribution in [0.25, 0.3) is 22.4 Å². The summed E-state index contributed by atoms with van der Waals surface area (Å²) in [5.41, 5.74) is 6.74. The van der Waals surface area contributed by atoms with E-state index in [0.29, 0.717) is 16.9 Å². The van der Waals surface area contributed by atoms with E-state index in [1.165, 1.54) is 24.5 Å². The quantitative estimate of drug-likeness (QED) is 0.158. The number of hydrogen-bond acceptors (Lipinski definition) is 12. The van der Waals surface area contributed by atoms with Gasteiger partial charge in [0.25, 0.3) is 11.5 Å². The van der Waals surface area contributed by atoms with Gasteiger partial charge in [-0.2, -0.15) is 4.98 Å². The molecule has 0 aliphatic rings. The third-order valence-electron chi connectivity index (χ3n) is 5.25. The van der Waals surface area contributed by atoms with E-state index in [4.69, 9.17) is 10.8 Å². The number of carbonyl (C=O) groups excluding carboxylic acids is 1. The molecule has 0 radical (unpaired) electrons. The number of carbonyl (C=O) groups is 3. The maximum atomic E-state index is 13.0. The molecule has 1 amide bonds. The lowest BCUT2D eigenvalue weighted by Gasteiger charge is -2.16. The fourth-order valence-electron chi connectivity index (χ4n) is 3.46. The molecule has 0 saturated carbocycles. The molecule has 0 spiro atoms. The second kappa shape index (κ2) is 11.0. The summed E-state index contributed by atoms with van der Waals surface area (Å²) in [4.78, 5) is 62.1. The van der Waals surface area contributed by atoms with Crippen molar-refractivity contribution in [1.29, 1.82) is 0 Å². The van der Waals surface area contributed by atoms with E-state index >= 15 is 0 Å². The van der Waals surface area contributed by atoms with Crippen molar-refractivity contribution in [1.82, 2.24) is 40.7 Å². The van der Waals surface area contributed by atoms with Crippen molar-refractivity contribution in [2.75, 3.05) is 11.1 Å². The summed E-state index contributed by atoms with van der Waals surface area (Å²) in [6.07, 6.45) is 2.08. The van der Waals surface area contributed by atoms with Crippen LogP contribution in [-0.2, 0) is 16.1 Å². The Morgan fingerprint density at radius 1 is 1.13 bits per heavy atom. The highest BCUT2D eigenvalue weighted by Gasteiger charge is 2.24. The highest BCUT2D eigenvalue weighted by molar-refractivity contribution is 6.02. The molecule has 3 aromatic heterocycles. The Morgan fingerprint density at radius 3 is 2.66 bits per heavy atom. The monoisotopic (exact) mass is 520 g/mol. The van der Waals surface area contributed by atoms with Crippen molar-refractivity contribution in [2.24, 2.45) is 0 Å². The van der Waals surface area contributed by atoms with Crippen LogP contribution in [0.2, 0.25) is 0 Å². The number of amides is 1. The molecule has 0 aliphatic carbocycles. The number of aromatic amines is 1. The fraction of sp³-hybridized carbons (Fsp3) is 0.182. The van der Waals surface area contributed by atoms with Gasteiger partial charge in [0.05, 0.1) is 30.3 Å². The van der Waals surface area contributed by atoms with E-state index in [-0.39, 0.29) is 41.3 Å². The zero-order valence-corrected chi connectivity index (χ0v) is 19.5. The number of carboxylic acids is 2. The van der Waals surface area contributed by atoms with Crippen molar-refractivity contribution in [3.05, 3.63) is 58.3 Å². The highest BCUT2D eigenvalue weighted by Crippen LogP contribution is 2.26. The van der Waals surface area contributed by atoms with E-state index in [9.17, 15) is 24.3 Å². The maximum Gasteiger partial charge on any atom is 0.326 e. The minimum absolute atomic E-state index is 0.0224. The van der Waals surface area contributed by atoms with Gasteiger partial charge in [0, 0.05) is 23.2 Å². The van der Waals surface area contributed by atoms with Crippen LogP contribution < -0.4 is 21.9 Å². The average molecular weight is 520 g/mol. The first-order valence-electron chi connectivity index (χ1n) is 11.0. The second-order valence-electron chi connectivity index (χ2n) is 7.90. The lowest BCUT2D eigenvalue weighted by molar-refractivity contribution is -0.140. The molecule has 16 heteroatoms. The molecule has 4 aromatic rings. The minimum atomic E-state index is -1.41. The van der Waals surface area contributed by atoms with Gasteiger partial charge < -0.3 is 26.6 Å². The summed E-state index contributed by atoms with van der Waals surface area (Å²) in [5.74, 6) is -3.37. The zero-order valence-electron chi connectivity index (χ0n) is 19.5. The normalized spacial score (nSPS) is 11.6. The third-order valence-corrected chi connectivity index (χ3v) is 5.25.